The van der Waals surface area contributed by atoms with Gasteiger partial charge in [-0.15, -0.1) is 0 Å². The fourth-order valence-corrected chi connectivity index (χ4v) is 4.59. The molecule has 2 amide bonds. The smallest absolute Gasteiger partial charge is 0.349 e. The van der Waals surface area contributed by atoms with Crippen LogP contribution in [0.25, 0.3) is 22.3 Å². The number of anilines is 2. The largest absolute Gasteiger partial charge is 0.439 e. The van der Waals surface area contributed by atoms with Crippen molar-refractivity contribution in [2.45, 2.75) is 32.1 Å². The van der Waals surface area contributed by atoms with Gasteiger partial charge in [-0.2, -0.15) is 0 Å². The number of fused-ring (bicyclic) bond motifs is 1. The highest BCUT2D eigenvalue weighted by molar-refractivity contribution is 6.31. The maximum atomic E-state index is 13.0. The molecular formula is C24H22ClN5O4. The monoisotopic (exact) mass is 479 g/mol. The maximum Gasteiger partial charge on any atom is 0.439 e. The number of hydrogen-bond donors (Lipinski definition) is 4. The van der Waals surface area contributed by atoms with Gasteiger partial charge in [-0.05, 0) is 49.1 Å². The zero-order valence-corrected chi connectivity index (χ0v) is 18.9. The molecule has 10 heteroatoms. The minimum absolute atomic E-state index is 0.0209. The van der Waals surface area contributed by atoms with Gasteiger partial charge in [0.1, 0.15) is 5.69 Å². The average molecular weight is 480 g/mol. The molecule has 0 saturated heterocycles. The van der Waals surface area contributed by atoms with Gasteiger partial charge >= 0.3 is 5.76 Å². The summed E-state index contributed by atoms with van der Waals surface area (Å²) in [5.74, 6) is -0.559. The first-order chi connectivity index (χ1) is 16.5. The fraction of sp³-hybridized carbons (Fsp3) is 0.250. The van der Waals surface area contributed by atoms with E-state index in [1.165, 1.54) is 12.8 Å². The molecule has 9 nitrogen and oxygen atoms in total. The average Bonchev–Trinajstić information content (AvgIpc) is 3.56. The molecular weight excluding hydrogens is 458 g/mol. The molecule has 1 aliphatic rings. The molecule has 2 aromatic carbocycles. The first kappa shape index (κ1) is 22.0. The van der Waals surface area contributed by atoms with E-state index in [2.05, 4.69) is 30.3 Å². The van der Waals surface area contributed by atoms with Crippen LogP contribution >= 0.6 is 11.6 Å². The first-order valence-electron chi connectivity index (χ1n) is 11.0. The van der Waals surface area contributed by atoms with Crippen molar-refractivity contribution in [1.82, 2.24) is 15.1 Å². The van der Waals surface area contributed by atoms with Crippen LogP contribution in [0.4, 0.5) is 11.4 Å². The maximum absolute atomic E-state index is 13.0. The van der Waals surface area contributed by atoms with Crippen LogP contribution in [0.2, 0.25) is 5.02 Å². The number of halogens is 1. The van der Waals surface area contributed by atoms with Crippen molar-refractivity contribution in [1.29, 1.82) is 0 Å². The molecule has 0 spiro atoms. The van der Waals surface area contributed by atoms with Crippen molar-refractivity contribution in [2.24, 2.45) is 5.92 Å². The Bertz CT molecular complexity index is 1430. The number of amides is 2. The first-order valence-corrected chi connectivity index (χ1v) is 11.4. The Hall–Kier alpha value is -3.85. The van der Waals surface area contributed by atoms with Gasteiger partial charge in [-0.3, -0.25) is 19.1 Å². The van der Waals surface area contributed by atoms with E-state index >= 15 is 0 Å². The molecule has 5 rings (SSSR count). The van der Waals surface area contributed by atoms with E-state index in [0.717, 1.165) is 18.2 Å². The van der Waals surface area contributed by atoms with E-state index in [4.69, 9.17) is 11.6 Å². The minimum Gasteiger partial charge on any atom is -0.349 e. The second-order valence-electron chi connectivity index (χ2n) is 8.44. The van der Waals surface area contributed by atoms with E-state index < -0.39 is 11.7 Å². The SMILES string of the molecule is O=C(CC1CCCC1)Nc1cccc2cc(C(=O)Nc3ccc(Cl)cc3-c3noc(=O)[nH]3)[nH]c12. The van der Waals surface area contributed by atoms with Crippen LogP contribution < -0.4 is 16.4 Å². The topological polar surface area (TPSA) is 133 Å². The molecule has 174 valence electrons. The molecule has 0 radical (unpaired) electrons. The number of carbonyl (C=O) groups is 2. The second kappa shape index (κ2) is 9.18. The predicted octanol–water partition coefficient (Wildman–Crippen LogP) is 4.94. The summed E-state index contributed by atoms with van der Waals surface area (Å²) in [5.41, 5.74) is 2.41. The third-order valence-corrected chi connectivity index (χ3v) is 6.28. The summed E-state index contributed by atoms with van der Waals surface area (Å²) in [6.45, 7) is 0. The molecule has 0 unspecified atom stereocenters. The summed E-state index contributed by atoms with van der Waals surface area (Å²) in [6, 6.07) is 12.0. The molecule has 1 saturated carbocycles. The van der Waals surface area contributed by atoms with Crippen molar-refractivity contribution in [3.8, 4) is 11.4 Å². The van der Waals surface area contributed by atoms with Crippen molar-refractivity contribution in [2.75, 3.05) is 10.6 Å². The molecule has 4 N–H and O–H groups in total. The molecule has 1 aliphatic carbocycles. The zero-order valence-electron chi connectivity index (χ0n) is 18.1. The van der Waals surface area contributed by atoms with Crippen LogP contribution in [0.15, 0.2) is 51.8 Å². The number of nitrogens with zero attached hydrogens (tertiary/aromatic N) is 1. The summed E-state index contributed by atoms with van der Waals surface area (Å²) < 4.78 is 4.57. The Morgan fingerprint density at radius 2 is 1.88 bits per heavy atom. The summed E-state index contributed by atoms with van der Waals surface area (Å²) in [6.07, 6.45) is 5.07. The molecule has 0 atom stereocenters. The van der Waals surface area contributed by atoms with Gasteiger partial charge in [0.2, 0.25) is 5.91 Å². The standard InChI is InChI=1S/C24H22ClN5O4/c25-15-8-9-17(16(12-15)22-29-24(33)34-30-22)28-23(32)19-11-14-6-3-7-18(21(14)27-19)26-20(31)10-13-4-1-2-5-13/h3,6-9,11-13,27H,1-2,4-5,10H2,(H,26,31)(H,28,32)(H,29,30,33). The number of aromatic nitrogens is 3. The molecule has 0 aliphatic heterocycles. The predicted molar refractivity (Wildman–Crippen MR) is 129 cm³/mol. The summed E-state index contributed by atoms with van der Waals surface area (Å²) >= 11 is 6.09. The number of rotatable bonds is 6. The van der Waals surface area contributed by atoms with Crippen LogP contribution in [0.3, 0.4) is 0 Å². The zero-order chi connectivity index (χ0) is 23.7. The van der Waals surface area contributed by atoms with E-state index in [9.17, 15) is 14.4 Å². The molecule has 34 heavy (non-hydrogen) atoms. The summed E-state index contributed by atoms with van der Waals surface area (Å²) in [4.78, 5) is 42.5. The van der Waals surface area contributed by atoms with Crippen molar-refractivity contribution < 1.29 is 14.1 Å². The Labute approximate surface area is 198 Å². The van der Waals surface area contributed by atoms with Crippen molar-refractivity contribution >= 4 is 45.7 Å². The van der Waals surface area contributed by atoms with Gasteiger partial charge in [0.05, 0.1) is 16.9 Å². The fourth-order valence-electron chi connectivity index (χ4n) is 4.42. The Morgan fingerprint density at radius 1 is 1.06 bits per heavy atom. The Balaban J connectivity index is 1.38. The van der Waals surface area contributed by atoms with Crippen molar-refractivity contribution in [3.63, 3.8) is 0 Å². The number of hydrogen-bond acceptors (Lipinski definition) is 5. The summed E-state index contributed by atoms with van der Waals surface area (Å²) in [5, 5.41) is 10.7. The highest BCUT2D eigenvalue weighted by Gasteiger charge is 2.20. The molecule has 4 aromatic rings. The summed E-state index contributed by atoms with van der Waals surface area (Å²) in [7, 11) is 0. The quantitative estimate of drug-likeness (QED) is 0.311. The molecule has 1 fully saturated rings. The number of carbonyl (C=O) groups excluding carboxylic acids is 2. The van der Waals surface area contributed by atoms with Gasteiger partial charge in [0.15, 0.2) is 5.82 Å². The number of para-hydroxylation sites is 1. The molecule has 2 aromatic heterocycles. The van der Waals surface area contributed by atoms with E-state index in [-0.39, 0.29) is 11.7 Å². The molecule has 0 bridgehead atoms. The van der Waals surface area contributed by atoms with Crippen LogP contribution in [0.1, 0.15) is 42.6 Å². The Morgan fingerprint density at radius 3 is 2.65 bits per heavy atom. The van der Waals surface area contributed by atoms with Crippen LogP contribution in [-0.4, -0.2) is 26.9 Å². The third-order valence-electron chi connectivity index (χ3n) is 6.05. The highest BCUT2D eigenvalue weighted by atomic mass is 35.5. The lowest BCUT2D eigenvalue weighted by Gasteiger charge is -2.10. The third kappa shape index (κ3) is 4.60. The highest BCUT2D eigenvalue weighted by Crippen LogP contribution is 2.31. The van der Waals surface area contributed by atoms with Crippen LogP contribution in [0.5, 0.6) is 0 Å². The minimum atomic E-state index is -0.717. The number of H-pyrrole nitrogens is 2. The van der Waals surface area contributed by atoms with Crippen molar-refractivity contribution in [3.05, 3.63) is 63.7 Å². The van der Waals surface area contributed by atoms with E-state index in [1.54, 1.807) is 24.3 Å². The lowest BCUT2D eigenvalue weighted by atomic mass is 10.0. The van der Waals surface area contributed by atoms with Crippen LogP contribution in [0, 0.1) is 5.92 Å². The Kier molecular flexibility index (Phi) is 5.93. The van der Waals surface area contributed by atoms with Gasteiger partial charge < -0.3 is 15.6 Å². The lowest BCUT2D eigenvalue weighted by molar-refractivity contribution is -0.117. The molecule has 2 heterocycles. The number of aromatic amines is 2. The number of benzene rings is 2. The number of nitrogens with one attached hydrogen (secondary N) is 4. The normalized spacial score (nSPS) is 13.9. The van der Waals surface area contributed by atoms with E-state index in [1.807, 2.05) is 18.2 Å². The van der Waals surface area contributed by atoms with E-state index in [0.29, 0.717) is 45.5 Å². The second-order valence-corrected chi connectivity index (χ2v) is 8.88. The van der Waals surface area contributed by atoms with Gasteiger partial charge in [-0.25, -0.2) is 4.79 Å². The van der Waals surface area contributed by atoms with Gasteiger partial charge in [0.25, 0.3) is 5.91 Å². The van der Waals surface area contributed by atoms with Crippen LogP contribution in [-0.2, 0) is 4.79 Å². The lowest BCUT2D eigenvalue weighted by Crippen LogP contribution is -2.15. The van der Waals surface area contributed by atoms with Gasteiger partial charge in [0, 0.05) is 22.4 Å². The van der Waals surface area contributed by atoms with Gasteiger partial charge in [-0.1, -0.05) is 41.7 Å².